The summed E-state index contributed by atoms with van der Waals surface area (Å²) >= 11 is 3.67. The Morgan fingerprint density at radius 3 is 2.75 bits per heavy atom. The predicted molar refractivity (Wildman–Crippen MR) is 98.3 cm³/mol. The molecule has 2 aliphatic rings. The Labute approximate surface area is 149 Å². The van der Waals surface area contributed by atoms with Gasteiger partial charge in [-0.1, -0.05) is 36.4 Å². The van der Waals surface area contributed by atoms with E-state index in [1.165, 1.54) is 23.9 Å². The van der Waals surface area contributed by atoms with Crippen molar-refractivity contribution in [2.24, 2.45) is 5.92 Å². The number of anilines is 1. The molecule has 0 fully saturated rings. The SMILES string of the molecule is COC(=O)c1ccc([C@@H]2Nc3c(Br)cccc3[C@H]3C=CC[C@H]32)cc1. The minimum absolute atomic E-state index is 0.225. The molecule has 1 N–H and O–H groups in total. The van der Waals surface area contributed by atoms with E-state index in [2.05, 4.69) is 51.6 Å². The maximum absolute atomic E-state index is 11.6. The van der Waals surface area contributed by atoms with Crippen molar-refractivity contribution in [1.29, 1.82) is 0 Å². The van der Waals surface area contributed by atoms with Gasteiger partial charge in [-0.2, -0.15) is 0 Å². The van der Waals surface area contributed by atoms with Crippen molar-refractivity contribution in [3.05, 3.63) is 75.8 Å². The number of carbonyl (C=O) groups excluding carboxylic acids is 1. The van der Waals surface area contributed by atoms with Crippen LogP contribution in [0.2, 0.25) is 0 Å². The Kier molecular flexibility index (Phi) is 3.93. The molecule has 0 spiro atoms. The predicted octanol–water partition coefficient (Wildman–Crippen LogP) is 5.06. The van der Waals surface area contributed by atoms with Crippen LogP contribution in [0.15, 0.2) is 59.1 Å². The Bertz CT molecular complexity index is 813. The number of benzene rings is 2. The molecule has 1 aliphatic heterocycles. The monoisotopic (exact) mass is 383 g/mol. The van der Waals surface area contributed by atoms with Crippen LogP contribution in [-0.4, -0.2) is 13.1 Å². The second kappa shape index (κ2) is 6.10. The topological polar surface area (TPSA) is 38.3 Å². The minimum Gasteiger partial charge on any atom is -0.465 e. The Balaban J connectivity index is 1.71. The maximum Gasteiger partial charge on any atom is 0.337 e. The summed E-state index contributed by atoms with van der Waals surface area (Å²) in [5.41, 5.74) is 4.31. The highest BCUT2D eigenvalue weighted by Crippen LogP contribution is 2.51. The average Bonchev–Trinajstić information content (AvgIpc) is 3.11. The number of allylic oxidation sites excluding steroid dienone is 2. The number of para-hydroxylation sites is 1. The number of rotatable bonds is 2. The van der Waals surface area contributed by atoms with E-state index < -0.39 is 0 Å². The molecule has 0 aromatic heterocycles. The molecular formula is C20H18BrNO2. The van der Waals surface area contributed by atoms with Crippen LogP contribution in [0, 0.1) is 5.92 Å². The fourth-order valence-corrected chi connectivity index (χ4v) is 4.35. The third-order valence-electron chi connectivity index (χ3n) is 5.04. The molecule has 0 saturated heterocycles. The van der Waals surface area contributed by atoms with Crippen molar-refractivity contribution in [3.63, 3.8) is 0 Å². The molecule has 1 heterocycles. The maximum atomic E-state index is 11.6. The smallest absolute Gasteiger partial charge is 0.337 e. The fraction of sp³-hybridized carbons (Fsp3) is 0.250. The van der Waals surface area contributed by atoms with Gasteiger partial charge in [-0.15, -0.1) is 0 Å². The lowest BCUT2D eigenvalue weighted by molar-refractivity contribution is 0.0600. The van der Waals surface area contributed by atoms with E-state index in [0.717, 1.165) is 10.9 Å². The summed E-state index contributed by atoms with van der Waals surface area (Å²) in [5.74, 6) is 0.631. The highest BCUT2D eigenvalue weighted by Gasteiger charge is 2.38. The summed E-state index contributed by atoms with van der Waals surface area (Å²) in [6.07, 6.45) is 5.67. The second-order valence-corrected chi connectivity index (χ2v) is 7.15. The van der Waals surface area contributed by atoms with Crippen molar-refractivity contribution >= 4 is 27.6 Å². The summed E-state index contributed by atoms with van der Waals surface area (Å²) in [4.78, 5) is 11.6. The van der Waals surface area contributed by atoms with Gasteiger partial charge < -0.3 is 10.1 Å². The van der Waals surface area contributed by atoms with E-state index in [0.29, 0.717) is 17.4 Å². The molecule has 122 valence electrons. The number of halogens is 1. The van der Waals surface area contributed by atoms with Gasteiger partial charge in [0.25, 0.3) is 0 Å². The van der Waals surface area contributed by atoms with Gasteiger partial charge >= 0.3 is 5.97 Å². The zero-order valence-corrected chi connectivity index (χ0v) is 14.9. The third kappa shape index (κ3) is 2.46. The number of methoxy groups -OCH3 is 1. The van der Waals surface area contributed by atoms with Crippen molar-refractivity contribution in [2.45, 2.75) is 18.4 Å². The Morgan fingerprint density at radius 1 is 1.21 bits per heavy atom. The number of esters is 1. The number of fused-ring (bicyclic) bond motifs is 3. The van der Waals surface area contributed by atoms with E-state index >= 15 is 0 Å². The standard InChI is InChI=1S/C20H18BrNO2/c1-24-20(23)13-10-8-12(9-11-13)18-15-5-2-4-14(15)16-6-3-7-17(21)19(16)22-18/h2-4,6-11,14-15,18,22H,5H2,1H3/t14-,15+,18-/m0/s1. The molecule has 24 heavy (non-hydrogen) atoms. The number of nitrogens with one attached hydrogen (secondary N) is 1. The van der Waals surface area contributed by atoms with Crippen LogP contribution in [0.1, 0.15) is 39.9 Å². The first-order valence-corrected chi connectivity index (χ1v) is 8.88. The summed E-state index contributed by atoms with van der Waals surface area (Å²) < 4.78 is 5.87. The molecule has 0 bridgehead atoms. The molecule has 0 unspecified atom stereocenters. The quantitative estimate of drug-likeness (QED) is 0.581. The summed E-state index contributed by atoms with van der Waals surface area (Å²) in [6, 6.07) is 14.3. The summed E-state index contributed by atoms with van der Waals surface area (Å²) in [7, 11) is 1.40. The van der Waals surface area contributed by atoms with Crippen molar-refractivity contribution < 1.29 is 9.53 Å². The molecule has 0 radical (unpaired) electrons. The van der Waals surface area contributed by atoms with Gasteiger partial charge in [0.1, 0.15) is 0 Å². The van der Waals surface area contributed by atoms with Crippen molar-refractivity contribution in [1.82, 2.24) is 0 Å². The van der Waals surface area contributed by atoms with E-state index in [9.17, 15) is 4.79 Å². The van der Waals surface area contributed by atoms with Crippen LogP contribution in [0.25, 0.3) is 0 Å². The molecule has 2 aromatic rings. The molecular weight excluding hydrogens is 366 g/mol. The van der Waals surface area contributed by atoms with Crippen molar-refractivity contribution in [2.75, 3.05) is 12.4 Å². The lowest BCUT2D eigenvalue weighted by atomic mass is 9.77. The van der Waals surface area contributed by atoms with Crippen LogP contribution in [0.3, 0.4) is 0 Å². The van der Waals surface area contributed by atoms with Crippen molar-refractivity contribution in [3.8, 4) is 0 Å². The van der Waals surface area contributed by atoms with Crippen LogP contribution in [0.5, 0.6) is 0 Å². The second-order valence-electron chi connectivity index (χ2n) is 6.29. The lowest BCUT2D eigenvalue weighted by Gasteiger charge is -2.38. The van der Waals surface area contributed by atoms with Crippen LogP contribution in [0.4, 0.5) is 5.69 Å². The zero-order valence-electron chi connectivity index (χ0n) is 13.3. The highest BCUT2D eigenvalue weighted by atomic mass is 79.9. The van der Waals surface area contributed by atoms with Gasteiger partial charge in [0, 0.05) is 10.4 Å². The van der Waals surface area contributed by atoms with Crippen LogP contribution in [-0.2, 0) is 4.74 Å². The lowest BCUT2D eigenvalue weighted by Crippen LogP contribution is -2.29. The van der Waals surface area contributed by atoms with E-state index in [1.807, 2.05) is 24.3 Å². The Hall–Kier alpha value is -2.07. The van der Waals surface area contributed by atoms with Gasteiger partial charge in [0.2, 0.25) is 0 Å². The number of hydrogen-bond donors (Lipinski definition) is 1. The molecule has 2 aromatic carbocycles. The zero-order chi connectivity index (χ0) is 16.7. The van der Waals surface area contributed by atoms with Gasteiger partial charge in [-0.3, -0.25) is 0 Å². The molecule has 0 amide bonds. The average molecular weight is 384 g/mol. The first-order valence-electron chi connectivity index (χ1n) is 8.09. The molecule has 0 saturated carbocycles. The van der Waals surface area contributed by atoms with Gasteiger partial charge in [0.05, 0.1) is 24.4 Å². The van der Waals surface area contributed by atoms with E-state index in [-0.39, 0.29) is 12.0 Å². The molecule has 4 rings (SSSR count). The molecule has 3 atom stereocenters. The van der Waals surface area contributed by atoms with E-state index in [4.69, 9.17) is 4.74 Å². The van der Waals surface area contributed by atoms with Crippen LogP contribution >= 0.6 is 15.9 Å². The number of hydrogen-bond acceptors (Lipinski definition) is 3. The van der Waals surface area contributed by atoms with E-state index in [1.54, 1.807) is 0 Å². The number of carbonyl (C=O) groups is 1. The molecule has 4 heteroatoms. The van der Waals surface area contributed by atoms with Gasteiger partial charge in [-0.25, -0.2) is 4.79 Å². The first kappa shape index (κ1) is 15.5. The summed E-state index contributed by atoms with van der Waals surface area (Å²) in [6.45, 7) is 0. The number of ether oxygens (including phenoxy) is 1. The van der Waals surface area contributed by atoms with Crippen LogP contribution < -0.4 is 5.32 Å². The first-order chi connectivity index (χ1) is 11.7. The largest absolute Gasteiger partial charge is 0.465 e. The summed E-state index contributed by atoms with van der Waals surface area (Å²) in [5, 5.41) is 3.71. The third-order valence-corrected chi connectivity index (χ3v) is 5.70. The normalized spacial score (nSPS) is 24.0. The van der Waals surface area contributed by atoms with Gasteiger partial charge in [-0.05, 0) is 57.6 Å². The highest BCUT2D eigenvalue weighted by molar-refractivity contribution is 9.10. The molecule has 3 nitrogen and oxygen atoms in total. The minimum atomic E-state index is -0.299. The molecule has 1 aliphatic carbocycles. The fourth-order valence-electron chi connectivity index (χ4n) is 3.86. The van der Waals surface area contributed by atoms with Gasteiger partial charge in [0.15, 0.2) is 0 Å². The Morgan fingerprint density at radius 2 is 2.00 bits per heavy atom.